The lowest BCUT2D eigenvalue weighted by atomic mass is 10.1. The molecule has 0 aromatic heterocycles. The Bertz CT molecular complexity index is 241. The van der Waals surface area contributed by atoms with Gasteiger partial charge in [-0.3, -0.25) is 0 Å². The van der Waals surface area contributed by atoms with E-state index in [4.69, 9.17) is 0 Å². The molecule has 0 radical (unpaired) electrons. The van der Waals surface area contributed by atoms with E-state index in [-0.39, 0.29) is 0 Å². The van der Waals surface area contributed by atoms with Crippen LogP contribution in [0.25, 0.3) is 0 Å². The first-order valence-corrected chi connectivity index (χ1v) is 4.73. The van der Waals surface area contributed by atoms with Crippen molar-refractivity contribution >= 4 is 14.5 Å². The van der Waals surface area contributed by atoms with E-state index in [2.05, 4.69) is 41.3 Å². The largest absolute Gasteiger partial charge is 0.105 e. The van der Waals surface area contributed by atoms with E-state index in [9.17, 15) is 0 Å². The highest BCUT2D eigenvalue weighted by Gasteiger charge is 1.95. The summed E-state index contributed by atoms with van der Waals surface area (Å²) in [6, 6.07) is 6.67. The summed E-state index contributed by atoms with van der Waals surface area (Å²) in [4.78, 5) is 0. The highest BCUT2D eigenvalue weighted by molar-refractivity contribution is 7.27. The van der Waals surface area contributed by atoms with Crippen LogP contribution in [-0.2, 0) is 12.8 Å². The van der Waals surface area contributed by atoms with Gasteiger partial charge in [-0.15, -0.1) is 9.24 Å². The van der Waals surface area contributed by atoms with Gasteiger partial charge in [0.1, 0.15) is 0 Å². The van der Waals surface area contributed by atoms with Crippen LogP contribution in [0, 0.1) is 0 Å². The molecular weight excluding hydrogens is 151 g/mol. The van der Waals surface area contributed by atoms with E-state index in [1.807, 2.05) is 0 Å². The van der Waals surface area contributed by atoms with Crippen LogP contribution in [0.15, 0.2) is 18.2 Å². The molecule has 0 fully saturated rings. The van der Waals surface area contributed by atoms with Crippen molar-refractivity contribution in [3.05, 3.63) is 29.3 Å². The van der Waals surface area contributed by atoms with Crippen molar-refractivity contribution in [2.24, 2.45) is 0 Å². The molecule has 0 saturated carbocycles. The zero-order chi connectivity index (χ0) is 8.27. The van der Waals surface area contributed by atoms with Gasteiger partial charge < -0.3 is 0 Å². The minimum absolute atomic E-state index is 1.13. The first kappa shape index (κ1) is 8.74. The van der Waals surface area contributed by atoms with Gasteiger partial charge in [0, 0.05) is 0 Å². The average Bonchev–Trinajstić information content (AvgIpc) is 2.05. The van der Waals surface area contributed by atoms with Crippen molar-refractivity contribution in [1.82, 2.24) is 0 Å². The second-order valence-corrected chi connectivity index (χ2v) is 3.36. The first-order chi connectivity index (χ1) is 5.27. The van der Waals surface area contributed by atoms with Crippen molar-refractivity contribution in [2.45, 2.75) is 26.7 Å². The molecule has 1 unspecified atom stereocenters. The summed E-state index contributed by atoms with van der Waals surface area (Å²) < 4.78 is 0. The molecule has 0 nitrogen and oxygen atoms in total. The van der Waals surface area contributed by atoms with Gasteiger partial charge in [0.15, 0.2) is 0 Å². The third kappa shape index (κ3) is 2.04. The molecule has 0 spiro atoms. The van der Waals surface area contributed by atoms with Crippen LogP contribution in [0.1, 0.15) is 25.0 Å². The zero-order valence-corrected chi connectivity index (χ0v) is 8.38. The van der Waals surface area contributed by atoms with Gasteiger partial charge in [0.2, 0.25) is 0 Å². The fourth-order valence-electron chi connectivity index (χ4n) is 1.19. The van der Waals surface area contributed by atoms with Crippen molar-refractivity contribution in [2.75, 3.05) is 0 Å². The maximum Gasteiger partial charge on any atom is -0.0271 e. The summed E-state index contributed by atoms with van der Waals surface area (Å²) in [6.07, 6.45) is 2.27. The highest BCUT2D eigenvalue weighted by atomic mass is 31.0. The van der Waals surface area contributed by atoms with Crippen LogP contribution in [-0.4, -0.2) is 0 Å². The molecule has 0 bridgehead atoms. The van der Waals surface area contributed by atoms with Crippen LogP contribution >= 0.6 is 9.24 Å². The first-order valence-electron chi connectivity index (χ1n) is 4.15. The Morgan fingerprint density at radius 1 is 1.18 bits per heavy atom. The summed E-state index contributed by atoms with van der Waals surface area (Å²) in [5.74, 6) is 0. The van der Waals surface area contributed by atoms with Crippen molar-refractivity contribution < 1.29 is 0 Å². The minimum atomic E-state index is 1.13. The summed E-state index contributed by atoms with van der Waals surface area (Å²) in [6.45, 7) is 4.39. The molecule has 0 aliphatic heterocycles. The second-order valence-electron chi connectivity index (χ2n) is 2.74. The van der Waals surface area contributed by atoms with Crippen LogP contribution in [0.5, 0.6) is 0 Å². The van der Waals surface area contributed by atoms with Crippen molar-refractivity contribution in [1.29, 1.82) is 0 Å². The molecule has 1 rings (SSSR count). The standard InChI is InChI=1S/C10H15P/c1-3-8-5-6-10(11)9(4-2)7-8/h5-7H,3-4,11H2,1-2H3. The number of hydrogen-bond acceptors (Lipinski definition) is 0. The zero-order valence-electron chi connectivity index (χ0n) is 7.22. The summed E-state index contributed by atoms with van der Waals surface area (Å²) in [5, 5.41) is 1.34. The van der Waals surface area contributed by atoms with E-state index in [0.717, 1.165) is 12.8 Å². The topological polar surface area (TPSA) is 0 Å². The SMILES string of the molecule is CCc1ccc(P)c(CC)c1. The maximum absolute atomic E-state index is 2.77. The number of hydrogen-bond donors (Lipinski definition) is 0. The lowest BCUT2D eigenvalue weighted by Gasteiger charge is -2.04. The van der Waals surface area contributed by atoms with Crippen LogP contribution in [0.2, 0.25) is 0 Å². The van der Waals surface area contributed by atoms with Crippen molar-refractivity contribution in [3.8, 4) is 0 Å². The van der Waals surface area contributed by atoms with Gasteiger partial charge in [0.25, 0.3) is 0 Å². The lowest BCUT2D eigenvalue weighted by Crippen LogP contribution is -2.00. The van der Waals surface area contributed by atoms with E-state index in [0.29, 0.717) is 0 Å². The number of aryl methyl sites for hydroxylation is 2. The normalized spacial score (nSPS) is 10.1. The summed E-state index contributed by atoms with van der Waals surface area (Å²) >= 11 is 0. The van der Waals surface area contributed by atoms with Gasteiger partial charge >= 0.3 is 0 Å². The average molecular weight is 166 g/mol. The Labute approximate surface area is 71.2 Å². The monoisotopic (exact) mass is 166 g/mol. The molecular formula is C10H15P. The molecule has 0 saturated heterocycles. The summed E-state index contributed by atoms with van der Waals surface area (Å²) in [7, 11) is 2.77. The van der Waals surface area contributed by atoms with E-state index in [1.165, 1.54) is 16.4 Å². The molecule has 1 aromatic carbocycles. The third-order valence-corrected chi connectivity index (χ3v) is 2.56. The molecule has 0 amide bonds. The Morgan fingerprint density at radius 2 is 1.91 bits per heavy atom. The lowest BCUT2D eigenvalue weighted by molar-refractivity contribution is 1.10. The van der Waals surface area contributed by atoms with Gasteiger partial charge in [-0.2, -0.15) is 0 Å². The van der Waals surface area contributed by atoms with Crippen molar-refractivity contribution in [3.63, 3.8) is 0 Å². The molecule has 0 aliphatic rings. The molecule has 60 valence electrons. The highest BCUT2D eigenvalue weighted by Crippen LogP contribution is 2.07. The van der Waals surface area contributed by atoms with Gasteiger partial charge in [-0.1, -0.05) is 32.0 Å². The quantitative estimate of drug-likeness (QED) is 0.591. The van der Waals surface area contributed by atoms with E-state index < -0.39 is 0 Å². The van der Waals surface area contributed by atoms with E-state index >= 15 is 0 Å². The van der Waals surface area contributed by atoms with Crippen LogP contribution in [0.4, 0.5) is 0 Å². The molecule has 0 aliphatic carbocycles. The fourth-order valence-corrected chi connectivity index (χ4v) is 1.57. The Hall–Kier alpha value is -0.350. The predicted octanol–water partition coefficient (Wildman–Crippen LogP) is 2.31. The predicted molar refractivity (Wildman–Crippen MR) is 54.5 cm³/mol. The second kappa shape index (κ2) is 3.88. The molecule has 11 heavy (non-hydrogen) atoms. The Morgan fingerprint density at radius 3 is 2.45 bits per heavy atom. The minimum Gasteiger partial charge on any atom is -0.105 e. The van der Waals surface area contributed by atoms with Gasteiger partial charge in [-0.05, 0) is 29.3 Å². The molecule has 0 N–H and O–H groups in total. The summed E-state index contributed by atoms with van der Waals surface area (Å²) in [5.41, 5.74) is 2.89. The fraction of sp³-hybridized carbons (Fsp3) is 0.400. The van der Waals surface area contributed by atoms with Gasteiger partial charge in [-0.25, -0.2) is 0 Å². The molecule has 1 aromatic rings. The smallest absolute Gasteiger partial charge is 0.0271 e. The molecule has 1 heteroatoms. The van der Waals surface area contributed by atoms with Gasteiger partial charge in [0.05, 0.1) is 0 Å². The maximum atomic E-state index is 2.77. The Balaban J connectivity index is 3.02. The molecule has 1 atom stereocenters. The van der Waals surface area contributed by atoms with E-state index in [1.54, 1.807) is 0 Å². The number of rotatable bonds is 2. The van der Waals surface area contributed by atoms with Crippen LogP contribution in [0.3, 0.4) is 0 Å². The third-order valence-electron chi connectivity index (χ3n) is 2.00. The molecule has 0 heterocycles. The Kier molecular flexibility index (Phi) is 3.08. The number of benzene rings is 1. The van der Waals surface area contributed by atoms with Crippen LogP contribution < -0.4 is 5.30 Å².